The van der Waals surface area contributed by atoms with Gasteiger partial charge >= 0.3 is 0 Å². The molecule has 0 amide bonds. The highest BCUT2D eigenvalue weighted by Gasteiger charge is 2.16. The Bertz CT molecular complexity index is 833. The molecule has 0 aliphatic heterocycles. The van der Waals surface area contributed by atoms with Crippen LogP contribution < -0.4 is 9.62 Å². The van der Waals surface area contributed by atoms with E-state index in [1.807, 2.05) is 43.3 Å². The van der Waals surface area contributed by atoms with Crippen molar-refractivity contribution in [1.29, 1.82) is 0 Å². The van der Waals surface area contributed by atoms with Crippen molar-refractivity contribution in [2.45, 2.75) is 17.7 Å². The maximum atomic E-state index is 12.2. The molecule has 2 aromatic carbocycles. The van der Waals surface area contributed by atoms with E-state index in [0.29, 0.717) is 6.42 Å². The Kier molecular flexibility index (Phi) is 6.11. The highest BCUT2D eigenvalue weighted by molar-refractivity contribution is 7.89. The molecule has 0 bridgehead atoms. The number of benzene rings is 2. The van der Waals surface area contributed by atoms with Gasteiger partial charge in [-0.3, -0.25) is 10.1 Å². The summed E-state index contributed by atoms with van der Waals surface area (Å²) < 4.78 is 26.9. The van der Waals surface area contributed by atoms with Crippen molar-refractivity contribution >= 4 is 21.4 Å². The molecule has 2 aromatic rings. The quantitative estimate of drug-likeness (QED) is 0.442. The van der Waals surface area contributed by atoms with Crippen LogP contribution in [0.2, 0.25) is 0 Å². The number of aryl methyl sites for hydroxylation is 1. The summed E-state index contributed by atoms with van der Waals surface area (Å²) in [6.45, 7) is 0.264. The number of nitro benzene ring substituents is 1. The van der Waals surface area contributed by atoms with Crippen LogP contribution in [0.1, 0.15) is 12.0 Å². The van der Waals surface area contributed by atoms with Crippen LogP contribution in [0, 0.1) is 10.1 Å². The Morgan fingerprint density at radius 3 is 2.40 bits per heavy atom. The lowest BCUT2D eigenvalue weighted by Gasteiger charge is -2.12. The van der Waals surface area contributed by atoms with Crippen LogP contribution in [-0.4, -0.2) is 34.0 Å². The molecule has 8 heteroatoms. The third-order valence-corrected chi connectivity index (χ3v) is 5.18. The van der Waals surface area contributed by atoms with Gasteiger partial charge in [0.25, 0.3) is 5.69 Å². The highest BCUT2D eigenvalue weighted by Crippen LogP contribution is 2.17. The number of nitrogens with zero attached hydrogens (tertiary/aromatic N) is 2. The van der Waals surface area contributed by atoms with Crippen LogP contribution in [-0.2, 0) is 16.4 Å². The minimum Gasteiger partial charge on any atom is -0.378 e. The second kappa shape index (κ2) is 8.09. The van der Waals surface area contributed by atoms with Crippen molar-refractivity contribution in [3.63, 3.8) is 0 Å². The molecule has 0 aromatic heterocycles. The predicted octanol–water partition coefficient (Wildman–Crippen LogP) is 2.57. The van der Waals surface area contributed by atoms with Crippen LogP contribution in [0.4, 0.5) is 11.4 Å². The van der Waals surface area contributed by atoms with Gasteiger partial charge in [-0.25, -0.2) is 13.1 Å². The van der Waals surface area contributed by atoms with E-state index in [1.54, 1.807) is 0 Å². The predicted molar refractivity (Wildman–Crippen MR) is 97.4 cm³/mol. The monoisotopic (exact) mass is 363 g/mol. The topological polar surface area (TPSA) is 92.6 Å². The van der Waals surface area contributed by atoms with E-state index >= 15 is 0 Å². The molecular weight excluding hydrogens is 342 g/mol. The lowest BCUT2D eigenvalue weighted by Crippen LogP contribution is -2.25. The molecule has 134 valence electrons. The van der Waals surface area contributed by atoms with Crippen LogP contribution in [0.15, 0.2) is 53.4 Å². The van der Waals surface area contributed by atoms with Gasteiger partial charge in [-0.05, 0) is 36.6 Å². The molecule has 1 N–H and O–H groups in total. The van der Waals surface area contributed by atoms with E-state index in [9.17, 15) is 18.5 Å². The summed E-state index contributed by atoms with van der Waals surface area (Å²) in [5, 5.41) is 10.8. The Balaban J connectivity index is 1.90. The zero-order valence-corrected chi connectivity index (χ0v) is 15.0. The average Bonchev–Trinajstić information content (AvgIpc) is 2.59. The van der Waals surface area contributed by atoms with Gasteiger partial charge in [0.15, 0.2) is 0 Å². The smallest absolute Gasteiger partial charge is 0.270 e. The Hall–Kier alpha value is -2.45. The molecule has 2 rings (SSSR count). The summed E-state index contributed by atoms with van der Waals surface area (Å²) >= 11 is 0. The van der Waals surface area contributed by atoms with Gasteiger partial charge < -0.3 is 4.90 Å². The molecule has 0 radical (unpaired) electrons. The first-order chi connectivity index (χ1) is 11.8. The van der Waals surface area contributed by atoms with E-state index in [2.05, 4.69) is 4.72 Å². The number of hydrogen-bond donors (Lipinski definition) is 1. The second-order valence-electron chi connectivity index (χ2n) is 5.82. The maximum absolute atomic E-state index is 12.2. The SMILES string of the molecule is CN(C)c1ccc(CCCNS(=O)(=O)c2cccc([N+](=O)[O-])c2)cc1. The fourth-order valence-corrected chi connectivity index (χ4v) is 3.42. The standard InChI is InChI=1S/C17H21N3O4S/c1-19(2)15-10-8-14(9-11-15)5-4-12-18-25(23,24)17-7-3-6-16(13-17)20(21)22/h3,6-11,13,18H,4-5,12H2,1-2H3. The Morgan fingerprint density at radius 2 is 1.80 bits per heavy atom. The Morgan fingerprint density at radius 1 is 1.12 bits per heavy atom. The van der Waals surface area contributed by atoms with Crippen molar-refractivity contribution in [2.24, 2.45) is 0 Å². The number of rotatable bonds is 8. The largest absolute Gasteiger partial charge is 0.378 e. The molecule has 0 aliphatic carbocycles. The van der Waals surface area contributed by atoms with E-state index in [-0.39, 0.29) is 17.1 Å². The van der Waals surface area contributed by atoms with E-state index in [0.717, 1.165) is 23.7 Å². The van der Waals surface area contributed by atoms with Crippen LogP contribution in [0.3, 0.4) is 0 Å². The summed E-state index contributed by atoms with van der Waals surface area (Å²) in [4.78, 5) is 12.0. The lowest BCUT2D eigenvalue weighted by molar-refractivity contribution is -0.385. The van der Waals surface area contributed by atoms with Gasteiger partial charge in [0.05, 0.1) is 9.82 Å². The van der Waals surface area contributed by atoms with Crippen molar-refractivity contribution in [3.8, 4) is 0 Å². The summed E-state index contributed by atoms with van der Waals surface area (Å²) in [6, 6.07) is 13.1. The average molecular weight is 363 g/mol. The van der Waals surface area contributed by atoms with Crippen molar-refractivity contribution < 1.29 is 13.3 Å². The normalized spacial score (nSPS) is 11.3. The third-order valence-electron chi connectivity index (χ3n) is 3.73. The molecule has 0 spiro atoms. The van der Waals surface area contributed by atoms with Gasteiger partial charge in [0, 0.05) is 38.5 Å². The van der Waals surface area contributed by atoms with Gasteiger partial charge in [0.2, 0.25) is 10.0 Å². The van der Waals surface area contributed by atoms with Crippen molar-refractivity contribution in [3.05, 3.63) is 64.2 Å². The van der Waals surface area contributed by atoms with Gasteiger partial charge in [-0.15, -0.1) is 0 Å². The summed E-state index contributed by atoms with van der Waals surface area (Å²) in [6.07, 6.45) is 1.38. The molecule has 0 saturated heterocycles. The first-order valence-corrected chi connectivity index (χ1v) is 9.28. The molecule has 7 nitrogen and oxygen atoms in total. The molecule has 25 heavy (non-hydrogen) atoms. The zero-order valence-electron chi connectivity index (χ0n) is 14.2. The summed E-state index contributed by atoms with van der Waals surface area (Å²) in [5.74, 6) is 0. The first-order valence-electron chi connectivity index (χ1n) is 7.80. The summed E-state index contributed by atoms with van der Waals surface area (Å²) in [5.41, 5.74) is 1.99. The number of sulfonamides is 1. The number of nitrogens with one attached hydrogen (secondary N) is 1. The fraction of sp³-hybridized carbons (Fsp3) is 0.294. The van der Waals surface area contributed by atoms with Gasteiger partial charge in [-0.2, -0.15) is 0 Å². The van der Waals surface area contributed by atoms with Crippen LogP contribution in [0.25, 0.3) is 0 Å². The van der Waals surface area contributed by atoms with Crippen molar-refractivity contribution in [1.82, 2.24) is 4.72 Å². The van der Waals surface area contributed by atoms with Crippen LogP contribution >= 0.6 is 0 Å². The second-order valence-corrected chi connectivity index (χ2v) is 7.58. The van der Waals surface area contributed by atoms with E-state index in [1.165, 1.54) is 18.2 Å². The van der Waals surface area contributed by atoms with E-state index < -0.39 is 14.9 Å². The minimum absolute atomic E-state index is 0.1000. The molecule has 0 fully saturated rings. The van der Waals surface area contributed by atoms with Gasteiger partial charge in [-0.1, -0.05) is 18.2 Å². The maximum Gasteiger partial charge on any atom is 0.270 e. The van der Waals surface area contributed by atoms with Crippen molar-refractivity contribution in [2.75, 3.05) is 25.5 Å². The molecule has 0 unspecified atom stereocenters. The highest BCUT2D eigenvalue weighted by atomic mass is 32.2. The Labute approximate surface area is 147 Å². The number of nitro groups is 1. The van der Waals surface area contributed by atoms with Gasteiger partial charge in [0.1, 0.15) is 0 Å². The van der Waals surface area contributed by atoms with E-state index in [4.69, 9.17) is 0 Å². The molecule has 0 aliphatic rings. The lowest BCUT2D eigenvalue weighted by atomic mass is 10.1. The third kappa shape index (κ3) is 5.27. The number of hydrogen-bond acceptors (Lipinski definition) is 5. The minimum atomic E-state index is -3.75. The molecule has 0 atom stereocenters. The number of non-ortho nitro benzene ring substituents is 1. The molecule has 0 saturated carbocycles. The zero-order chi connectivity index (χ0) is 18.4. The molecular formula is C17H21N3O4S. The first kappa shape index (κ1) is 18.9. The van der Waals surface area contributed by atoms with Crippen LogP contribution in [0.5, 0.6) is 0 Å². The fourth-order valence-electron chi connectivity index (χ4n) is 2.31. The molecule has 0 heterocycles. The summed E-state index contributed by atoms with van der Waals surface area (Å²) in [7, 11) is 0.190. The number of anilines is 1.